The Morgan fingerprint density at radius 2 is 1.83 bits per heavy atom. The molecule has 98 valence electrons. The van der Waals surface area contributed by atoms with Crippen LogP contribution in [0.4, 0.5) is 0 Å². The summed E-state index contributed by atoms with van der Waals surface area (Å²) in [5, 5.41) is 3.13. The van der Waals surface area contributed by atoms with Crippen molar-refractivity contribution in [1.29, 1.82) is 0 Å². The molecular formula is C16H23NO. The summed E-state index contributed by atoms with van der Waals surface area (Å²) in [6.45, 7) is 8.67. The third-order valence-corrected chi connectivity index (χ3v) is 3.63. The van der Waals surface area contributed by atoms with Gasteiger partial charge in [0, 0.05) is 18.4 Å². The average molecular weight is 245 g/mol. The first-order valence-electron chi connectivity index (χ1n) is 6.83. The molecule has 0 radical (unpaired) electrons. The first kappa shape index (κ1) is 13.1. The largest absolute Gasteiger partial charge is 0.353 e. The number of amides is 1. The van der Waals surface area contributed by atoms with Crippen molar-refractivity contribution in [2.45, 2.75) is 52.5 Å². The van der Waals surface area contributed by atoms with Crippen molar-refractivity contribution < 1.29 is 4.79 Å². The zero-order chi connectivity index (χ0) is 13.3. The van der Waals surface area contributed by atoms with Gasteiger partial charge in [0.15, 0.2) is 0 Å². The van der Waals surface area contributed by atoms with Crippen LogP contribution in [0.5, 0.6) is 0 Å². The molecular weight excluding hydrogens is 222 g/mol. The van der Waals surface area contributed by atoms with Gasteiger partial charge in [0.2, 0.25) is 5.91 Å². The van der Waals surface area contributed by atoms with Crippen molar-refractivity contribution in [2.24, 2.45) is 5.92 Å². The molecule has 0 aliphatic carbocycles. The molecule has 0 spiro atoms. The van der Waals surface area contributed by atoms with Crippen LogP contribution in [0.25, 0.3) is 0 Å². The average Bonchev–Trinajstić information content (AvgIpc) is 2.56. The first-order chi connectivity index (χ1) is 8.45. The normalized spacial score (nSPS) is 23.5. The van der Waals surface area contributed by atoms with E-state index in [9.17, 15) is 4.79 Å². The van der Waals surface area contributed by atoms with Crippen LogP contribution in [-0.2, 0) is 4.79 Å². The lowest BCUT2D eigenvalue weighted by atomic mass is 9.86. The molecule has 1 aromatic rings. The molecule has 1 aromatic carbocycles. The van der Waals surface area contributed by atoms with Crippen LogP contribution in [0.15, 0.2) is 18.2 Å². The zero-order valence-electron chi connectivity index (χ0n) is 11.8. The first-order valence-corrected chi connectivity index (χ1v) is 6.83. The van der Waals surface area contributed by atoms with E-state index in [1.54, 1.807) is 0 Å². The molecule has 2 unspecified atom stereocenters. The minimum atomic E-state index is 0.199. The van der Waals surface area contributed by atoms with E-state index in [-0.39, 0.29) is 5.91 Å². The van der Waals surface area contributed by atoms with Crippen molar-refractivity contribution in [3.8, 4) is 0 Å². The fraction of sp³-hybridized carbons (Fsp3) is 0.562. The van der Waals surface area contributed by atoms with E-state index in [1.807, 2.05) is 0 Å². The number of benzene rings is 1. The maximum Gasteiger partial charge on any atom is 0.220 e. The number of carbonyl (C=O) groups excluding carboxylic acids is 1. The van der Waals surface area contributed by atoms with Crippen molar-refractivity contribution in [2.75, 3.05) is 0 Å². The van der Waals surface area contributed by atoms with Crippen LogP contribution < -0.4 is 5.32 Å². The Kier molecular flexibility index (Phi) is 3.74. The lowest BCUT2D eigenvalue weighted by Gasteiger charge is -2.21. The Morgan fingerprint density at radius 3 is 2.39 bits per heavy atom. The van der Waals surface area contributed by atoms with Gasteiger partial charge < -0.3 is 5.32 Å². The van der Waals surface area contributed by atoms with E-state index in [1.165, 1.54) is 16.7 Å². The highest BCUT2D eigenvalue weighted by molar-refractivity contribution is 5.80. The number of hydrogen-bond acceptors (Lipinski definition) is 1. The smallest absolute Gasteiger partial charge is 0.220 e. The van der Waals surface area contributed by atoms with Crippen LogP contribution in [0.3, 0.4) is 0 Å². The van der Waals surface area contributed by atoms with E-state index in [0.29, 0.717) is 24.3 Å². The number of carbonyl (C=O) groups is 1. The summed E-state index contributed by atoms with van der Waals surface area (Å²) < 4.78 is 0. The summed E-state index contributed by atoms with van der Waals surface area (Å²) in [6, 6.07) is 6.94. The highest BCUT2D eigenvalue weighted by atomic mass is 16.2. The quantitative estimate of drug-likeness (QED) is 0.869. The predicted molar refractivity (Wildman–Crippen MR) is 74.7 cm³/mol. The lowest BCUT2D eigenvalue weighted by Crippen LogP contribution is -2.29. The molecule has 1 heterocycles. The van der Waals surface area contributed by atoms with Crippen LogP contribution in [-0.4, -0.2) is 11.9 Å². The molecule has 1 saturated heterocycles. The zero-order valence-corrected chi connectivity index (χ0v) is 11.8. The number of aryl methyl sites for hydroxylation is 2. The fourth-order valence-corrected chi connectivity index (χ4v) is 3.01. The summed E-state index contributed by atoms with van der Waals surface area (Å²) in [6.07, 6.45) is 1.70. The maximum atomic E-state index is 11.7. The minimum absolute atomic E-state index is 0.199. The monoisotopic (exact) mass is 245 g/mol. The van der Waals surface area contributed by atoms with Gasteiger partial charge in [0.05, 0.1) is 0 Å². The Labute approximate surface area is 110 Å². The molecule has 1 fully saturated rings. The van der Waals surface area contributed by atoms with Gasteiger partial charge in [0.1, 0.15) is 0 Å². The van der Waals surface area contributed by atoms with Crippen LogP contribution >= 0.6 is 0 Å². The summed E-state index contributed by atoms with van der Waals surface area (Å²) in [7, 11) is 0. The van der Waals surface area contributed by atoms with E-state index in [0.717, 1.165) is 6.42 Å². The van der Waals surface area contributed by atoms with Crippen LogP contribution in [0, 0.1) is 19.8 Å². The molecule has 1 amide bonds. The van der Waals surface area contributed by atoms with Crippen molar-refractivity contribution in [3.05, 3.63) is 34.9 Å². The SMILES string of the molecule is Cc1cc(C)cc(C2CC(=O)NC2CC(C)C)c1. The summed E-state index contributed by atoms with van der Waals surface area (Å²) >= 11 is 0. The molecule has 18 heavy (non-hydrogen) atoms. The van der Waals surface area contributed by atoms with Crippen LogP contribution in [0.2, 0.25) is 0 Å². The van der Waals surface area contributed by atoms with Gasteiger partial charge in [-0.3, -0.25) is 4.79 Å². The Balaban J connectivity index is 2.26. The molecule has 2 nitrogen and oxygen atoms in total. The van der Waals surface area contributed by atoms with E-state index < -0.39 is 0 Å². The van der Waals surface area contributed by atoms with Gasteiger partial charge in [-0.05, 0) is 31.7 Å². The molecule has 1 N–H and O–H groups in total. The van der Waals surface area contributed by atoms with Gasteiger partial charge in [-0.1, -0.05) is 43.2 Å². The van der Waals surface area contributed by atoms with E-state index in [2.05, 4.69) is 51.2 Å². The fourth-order valence-electron chi connectivity index (χ4n) is 3.01. The van der Waals surface area contributed by atoms with Gasteiger partial charge in [-0.15, -0.1) is 0 Å². The standard InChI is InChI=1S/C16H23NO/c1-10(2)5-15-14(9-16(18)17-15)13-7-11(3)6-12(4)8-13/h6-8,10,14-15H,5,9H2,1-4H3,(H,17,18). The highest BCUT2D eigenvalue weighted by Gasteiger charge is 2.33. The van der Waals surface area contributed by atoms with Crippen molar-refractivity contribution in [3.63, 3.8) is 0 Å². The Morgan fingerprint density at radius 1 is 1.22 bits per heavy atom. The van der Waals surface area contributed by atoms with Crippen molar-refractivity contribution >= 4 is 5.91 Å². The second-order valence-corrected chi connectivity index (χ2v) is 6.04. The molecule has 2 rings (SSSR count). The molecule has 0 bridgehead atoms. The number of hydrogen-bond donors (Lipinski definition) is 1. The minimum Gasteiger partial charge on any atom is -0.353 e. The lowest BCUT2D eigenvalue weighted by molar-refractivity contribution is -0.119. The molecule has 0 aromatic heterocycles. The predicted octanol–water partition coefficient (Wildman–Crippen LogP) is 3.32. The maximum absolute atomic E-state index is 11.7. The van der Waals surface area contributed by atoms with Crippen molar-refractivity contribution in [1.82, 2.24) is 5.32 Å². The Hall–Kier alpha value is -1.31. The van der Waals surface area contributed by atoms with Crippen LogP contribution in [0.1, 0.15) is 49.3 Å². The third-order valence-electron chi connectivity index (χ3n) is 3.63. The molecule has 2 atom stereocenters. The Bertz CT molecular complexity index is 430. The molecule has 0 saturated carbocycles. The van der Waals surface area contributed by atoms with E-state index >= 15 is 0 Å². The highest BCUT2D eigenvalue weighted by Crippen LogP contribution is 2.32. The summed E-state index contributed by atoms with van der Waals surface area (Å²) in [5.41, 5.74) is 3.89. The summed E-state index contributed by atoms with van der Waals surface area (Å²) in [4.78, 5) is 11.7. The second kappa shape index (κ2) is 5.13. The second-order valence-electron chi connectivity index (χ2n) is 6.04. The molecule has 2 heteroatoms. The molecule has 1 aliphatic rings. The van der Waals surface area contributed by atoms with Gasteiger partial charge in [-0.25, -0.2) is 0 Å². The molecule has 1 aliphatic heterocycles. The number of rotatable bonds is 3. The third kappa shape index (κ3) is 2.92. The topological polar surface area (TPSA) is 29.1 Å². The summed E-state index contributed by atoms with van der Waals surface area (Å²) in [5.74, 6) is 1.16. The van der Waals surface area contributed by atoms with Gasteiger partial charge in [-0.2, -0.15) is 0 Å². The van der Waals surface area contributed by atoms with Gasteiger partial charge in [0.25, 0.3) is 0 Å². The van der Waals surface area contributed by atoms with Gasteiger partial charge >= 0.3 is 0 Å². The van der Waals surface area contributed by atoms with E-state index in [4.69, 9.17) is 0 Å². The number of nitrogens with one attached hydrogen (secondary N) is 1.